The highest BCUT2D eigenvalue weighted by Gasteiger charge is 2.18. The summed E-state index contributed by atoms with van der Waals surface area (Å²) in [6.07, 6.45) is 0. The maximum atomic E-state index is 12.3. The van der Waals surface area contributed by atoms with E-state index >= 15 is 0 Å². The fourth-order valence-corrected chi connectivity index (χ4v) is 2.24. The standard InChI is InChI=1S/C14H9Cl2NO4/c1-21-11-7-6-10(12(15)13(11)16)14(18)8-2-4-9(5-3-8)17(19)20/h2-7H,1H3. The van der Waals surface area contributed by atoms with Crippen LogP contribution in [0.25, 0.3) is 0 Å². The van der Waals surface area contributed by atoms with Gasteiger partial charge in [-0.3, -0.25) is 14.9 Å². The molecule has 108 valence electrons. The number of nitrogens with zero attached hydrogens (tertiary/aromatic N) is 1. The van der Waals surface area contributed by atoms with Crippen LogP contribution in [0.2, 0.25) is 10.0 Å². The van der Waals surface area contributed by atoms with Crippen LogP contribution in [0.1, 0.15) is 15.9 Å². The summed E-state index contributed by atoms with van der Waals surface area (Å²) in [7, 11) is 1.44. The smallest absolute Gasteiger partial charge is 0.269 e. The fraction of sp³-hybridized carbons (Fsp3) is 0.0714. The molecule has 2 rings (SSSR count). The van der Waals surface area contributed by atoms with E-state index < -0.39 is 4.92 Å². The first-order valence-corrected chi connectivity index (χ1v) is 6.52. The molecule has 0 saturated heterocycles. The third-order valence-corrected chi connectivity index (χ3v) is 3.72. The molecule has 2 aromatic carbocycles. The van der Waals surface area contributed by atoms with Crippen LogP contribution in [0, 0.1) is 10.1 Å². The third kappa shape index (κ3) is 2.99. The summed E-state index contributed by atoms with van der Waals surface area (Å²) in [5, 5.41) is 10.8. The van der Waals surface area contributed by atoms with Crippen molar-refractivity contribution >= 4 is 34.7 Å². The van der Waals surface area contributed by atoms with Gasteiger partial charge in [-0.2, -0.15) is 0 Å². The lowest BCUT2D eigenvalue weighted by molar-refractivity contribution is -0.384. The van der Waals surface area contributed by atoms with E-state index in [1.165, 1.54) is 43.5 Å². The number of nitro benzene ring substituents is 1. The first-order chi connectivity index (χ1) is 9.95. The zero-order valence-corrected chi connectivity index (χ0v) is 12.3. The Balaban J connectivity index is 2.40. The van der Waals surface area contributed by atoms with E-state index in [0.29, 0.717) is 5.75 Å². The van der Waals surface area contributed by atoms with Crippen LogP contribution in [0.5, 0.6) is 5.75 Å². The van der Waals surface area contributed by atoms with E-state index in [2.05, 4.69) is 0 Å². The second-order valence-corrected chi connectivity index (χ2v) is 4.83. The number of rotatable bonds is 4. The topological polar surface area (TPSA) is 69.4 Å². The number of carbonyl (C=O) groups excluding carboxylic acids is 1. The Bertz CT molecular complexity index is 714. The summed E-state index contributed by atoms with van der Waals surface area (Å²) in [6.45, 7) is 0. The van der Waals surface area contributed by atoms with Gasteiger partial charge in [0.15, 0.2) is 5.78 Å². The van der Waals surface area contributed by atoms with E-state index in [0.717, 1.165) is 0 Å². The van der Waals surface area contributed by atoms with Gasteiger partial charge in [0.2, 0.25) is 0 Å². The lowest BCUT2D eigenvalue weighted by atomic mass is 10.0. The van der Waals surface area contributed by atoms with Gasteiger partial charge in [-0.25, -0.2) is 0 Å². The quantitative estimate of drug-likeness (QED) is 0.481. The van der Waals surface area contributed by atoms with Gasteiger partial charge < -0.3 is 4.74 Å². The molecule has 0 aliphatic heterocycles. The molecule has 0 N–H and O–H groups in total. The van der Waals surface area contributed by atoms with Crippen molar-refractivity contribution in [1.29, 1.82) is 0 Å². The predicted octanol–water partition coefficient (Wildman–Crippen LogP) is 4.14. The average molecular weight is 326 g/mol. The Kier molecular flexibility index (Phi) is 4.45. The van der Waals surface area contributed by atoms with Gasteiger partial charge in [0.25, 0.3) is 5.69 Å². The number of methoxy groups -OCH3 is 1. The minimum atomic E-state index is -0.536. The zero-order chi connectivity index (χ0) is 15.6. The number of carbonyl (C=O) groups is 1. The van der Waals surface area contributed by atoms with Crippen LogP contribution < -0.4 is 4.74 Å². The van der Waals surface area contributed by atoms with Gasteiger partial charge in [0, 0.05) is 23.3 Å². The van der Waals surface area contributed by atoms with Gasteiger partial charge in [-0.15, -0.1) is 0 Å². The molecule has 0 amide bonds. The van der Waals surface area contributed by atoms with E-state index in [1.54, 1.807) is 0 Å². The molecular formula is C14H9Cl2NO4. The summed E-state index contributed by atoms with van der Waals surface area (Å²) in [5.74, 6) is -0.0126. The molecule has 7 heteroatoms. The van der Waals surface area contributed by atoms with E-state index in [-0.39, 0.29) is 32.6 Å². The molecule has 0 spiro atoms. The molecule has 0 heterocycles. The summed E-state index contributed by atoms with van der Waals surface area (Å²) in [5.41, 5.74) is 0.394. The zero-order valence-electron chi connectivity index (χ0n) is 10.8. The number of hydrogen-bond donors (Lipinski definition) is 0. The van der Waals surface area contributed by atoms with Crippen molar-refractivity contribution in [1.82, 2.24) is 0 Å². The predicted molar refractivity (Wildman–Crippen MR) is 79.5 cm³/mol. The van der Waals surface area contributed by atoms with E-state index in [4.69, 9.17) is 27.9 Å². The second-order valence-electron chi connectivity index (χ2n) is 4.08. The SMILES string of the molecule is COc1ccc(C(=O)c2ccc([N+](=O)[O-])cc2)c(Cl)c1Cl. The van der Waals surface area contributed by atoms with Gasteiger partial charge in [-0.05, 0) is 24.3 Å². The van der Waals surface area contributed by atoms with Crippen molar-refractivity contribution in [3.8, 4) is 5.75 Å². The van der Waals surface area contributed by atoms with Crippen LogP contribution in [-0.2, 0) is 0 Å². The number of halogens is 2. The Morgan fingerprint density at radius 3 is 2.24 bits per heavy atom. The monoisotopic (exact) mass is 325 g/mol. The number of hydrogen-bond acceptors (Lipinski definition) is 4. The molecule has 5 nitrogen and oxygen atoms in total. The molecule has 0 fully saturated rings. The van der Waals surface area contributed by atoms with Gasteiger partial charge in [0.1, 0.15) is 10.8 Å². The molecule has 0 atom stereocenters. The molecule has 21 heavy (non-hydrogen) atoms. The van der Waals surface area contributed by atoms with Gasteiger partial charge in [-0.1, -0.05) is 23.2 Å². The van der Waals surface area contributed by atoms with Crippen molar-refractivity contribution in [3.05, 3.63) is 67.7 Å². The molecule has 0 aliphatic carbocycles. The number of nitro groups is 1. The molecule has 0 aromatic heterocycles. The summed E-state index contributed by atoms with van der Waals surface area (Å²) in [6, 6.07) is 8.28. The summed E-state index contributed by atoms with van der Waals surface area (Å²) in [4.78, 5) is 22.4. The minimum Gasteiger partial charge on any atom is -0.495 e. The molecule has 0 unspecified atom stereocenters. The van der Waals surface area contributed by atoms with Crippen LogP contribution in [0.15, 0.2) is 36.4 Å². The first kappa shape index (κ1) is 15.3. The van der Waals surface area contributed by atoms with E-state index in [1.807, 2.05) is 0 Å². The van der Waals surface area contributed by atoms with Crippen LogP contribution in [0.4, 0.5) is 5.69 Å². The maximum absolute atomic E-state index is 12.3. The highest BCUT2D eigenvalue weighted by atomic mass is 35.5. The molecule has 0 aliphatic rings. The second kappa shape index (κ2) is 6.11. The van der Waals surface area contributed by atoms with Gasteiger partial charge in [0.05, 0.1) is 17.1 Å². The summed E-state index contributed by atoms with van der Waals surface area (Å²) >= 11 is 12.1. The molecule has 0 bridgehead atoms. The Morgan fingerprint density at radius 1 is 1.10 bits per heavy atom. The van der Waals surface area contributed by atoms with Crippen molar-refractivity contribution in [3.63, 3.8) is 0 Å². The van der Waals surface area contributed by atoms with E-state index in [9.17, 15) is 14.9 Å². The van der Waals surface area contributed by atoms with Crippen molar-refractivity contribution in [2.75, 3.05) is 7.11 Å². The normalized spacial score (nSPS) is 10.2. The molecular weight excluding hydrogens is 317 g/mol. The number of benzene rings is 2. The minimum absolute atomic E-state index is 0.0827. The fourth-order valence-electron chi connectivity index (χ4n) is 1.75. The Labute approximate surface area is 130 Å². The average Bonchev–Trinajstić information content (AvgIpc) is 2.49. The molecule has 0 saturated carbocycles. The Morgan fingerprint density at radius 2 is 1.71 bits per heavy atom. The molecule has 0 radical (unpaired) electrons. The Hall–Kier alpha value is -2.11. The van der Waals surface area contributed by atoms with Crippen molar-refractivity contribution < 1.29 is 14.5 Å². The van der Waals surface area contributed by atoms with Crippen LogP contribution in [-0.4, -0.2) is 17.8 Å². The van der Waals surface area contributed by atoms with Gasteiger partial charge >= 0.3 is 0 Å². The van der Waals surface area contributed by atoms with Crippen LogP contribution in [0.3, 0.4) is 0 Å². The summed E-state index contributed by atoms with van der Waals surface area (Å²) < 4.78 is 5.01. The van der Waals surface area contributed by atoms with Crippen molar-refractivity contribution in [2.24, 2.45) is 0 Å². The third-order valence-electron chi connectivity index (χ3n) is 2.85. The lowest BCUT2D eigenvalue weighted by Crippen LogP contribution is -2.03. The largest absolute Gasteiger partial charge is 0.495 e. The number of non-ortho nitro benzene ring substituents is 1. The first-order valence-electron chi connectivity index (χ1n) is 5.77. The lowest BCUT2D eigenvalue weighted by Gasteiger charge is -2.09. The van der Waals surface area contributed by atoms with Crippen molar-refractivity contribution in [2.45, 2.75) is 0 Å². The number of ether oxygens (including phenoxy) is 1. The maximum Gasteiger partial charge on any atom is 0.269 e. The molecule has 2 aromatic rings. The van der Waals surface area contributed by atoms with Crippen LogP contribution >= 0.6 is 23.2 Å². The highest BCUT2D eigenvalue weighted by Crippen LogP contribution is 2.35. The number of ketones is 1. The highest BCUT2D eigenvalue weighted by molar-refractivity contribution is 6.45.